The van der Waals surface area contributed by atoms with Crippen LogP contribution < -0.4 is 5.32 Å². The van der Waals surface area contributed by atoms with Crippen molar-refractivity contribution in [1.82, 2.24) is 15.1 Å². The van der Waals surface area contributed by atoms with Gasteiger partial charge in [-0.2, -0.15) is 0 Å². The minimum Gasteiger partial charge on any atom is -0.358 e. The van der Waals surface area contributed by atoms with Crippen molar-refractivity contribution >= 4 is 5.91 Å². The van der Waals surface area contributed by atoms with E-state index >= 15 is 0 Å². The van der Waals surface area contributed by atoms with Crippen LogP contribution in [0.4, 0.5) is 0 Å². The zero-order valence-corrected chi connectivity index (χ0v) is 12.7. The normalized spacial score (nSPS) is 21.1. The summed E-state index contributed by atoms with van der Waals surface area (Å²) in [4.78, 5) is 16.8. The third-order valence-electron chi connectivity index (χ3n) is 3.97. The molecule has 1 saturated heterocycles. The molecule has 1 aliphatic rings. The minimum absolute atomic E-state index is 0.0440. The Bertz CT molecular complexity index is 433. The smallest absolute Gasteiger partial charge is 0.238 e. The number of amides is 1. The molecule has 1 aromatic carbocycles. The van der Waals surface area contributed by atoms with E-state index in [2.05, 4.69) is 53.2 Å². The number of likely N-dealkylation sites (N-methyl/N-ethyl adjacent to an activating group) is 1. The van der Waals surface area contributed by atoms with Crippen LogP contribution in [-0.2, 0) is 11.3 Å². The molecular weight excluding hydrogens is 250 g/mol. The molecule has 2 rings (SSSR count). The summed E-state index contributed by atoms with van der Waals surface area (Å²) in [5, 5.41) is 2.80. The third-order valence-corrected chi connectivity index (χ3v) is 3.97. The molecule has 0 aromatic heterocycles. The molecule has 4 heteroatoms. The summed E-state index contributed by atoms with van der Waals surface area (Å²) in [5.74, 6) is 0.122. The topological polar surface area (TPSA) is 35.6 Å². The molecule has 0 aliphatic carbocycles. The van der Waals surface area contributed by atoms with Gasteiger partial charge in [-0.1, -0.05) is 30.3 Å². The monoisotopic (exact) mass is 275 g/mol. The average molecular weight is 275 g/mol. The number of nitrogens with zero attached hydrogens (tertiary/aromatic N) is 2. The molecule has 0 radical (unpaired) electrons. The van der Waals surface area contributed by atoms with Gasteiger partial charge < -0.3 is 5.32 Å². The number of hydrogen-bond acceptors (Lipinski definition) is 3. The molecule has 1 heterocycles. The maximum Gasteiger partial charge on any atom is 0.238 e. The van der Waals surface area contributed by atoms with Crippen molar-refractivity contribution in [2.45, 2.75) is 32.5 Å². The summed E-state index contributed by atoms with van der Waals surface area (Å²) < 4.78 is 0. The van der Waals surface area contributed by atoms with Gasteiger partial charge in [0.05, 0.1) is 0 Å². The molecule has 0 unspecified atom stereocenters. The molecule has 1 N–H and O–H groups in total. The predicted molar refractivity (Wildman–Crippen MR) is 81.4 cm³/mol. The van der Waals surface area contributed by atoms with Crippen molar-refractivity contribution in [3.63, 3.8) is 0 Å². The van der Waals surface area contributed by atoms with Crippen LogP contribution in [0.15, 0.2) is 30.3 Å². The fourth-order valence-corrected chi connectivity index (χ4v) is 2.86. The Morgan fingerprint density at radius 1 is 1.30 bits per heavy atom. The van der Waals surface area contributed by atoms with Crippen molar-refractivity contribution in [1.29, 1.82) is 0 Å². The van der Waals surface area contributed by atoms with Crippen molar-refractivity contribution in [2.75, 3.05) is 26.7 Å². The number of carbonyl (C=O) groups is 1. The van der Waals surface area contributed by atoms with Crippen LogP contribution in [0.3, 0.4) is 0 Å². The largest absolute Gasteiger partial charge is 0.358 e. The first kappa shape index (κ1) is 15.0. The van der Waals surface area contributed by atoms with E-state index in [0.29, 0.717) is 6.04 Å². The lowest BCUT2D eigenvalue weighted by Crippen LogP contribution is -2.60. The van der Waals surface area contributed by atoms with E-state index in [1.165, 1.54) is 5.56 Å². The SMILES string of the molecule is CNC(=O)[C@H]1CN(Cc2ccccc2)CCN1C(C)C. The molecular formula is C16H25N3O. The summed E-state index contributed by atoms with van der Waals surface area (Å²) in [6, 6.07) is 10.8. The lowest BCUT2D eigenvalue weighted by Gasteiger charge is -2.42. The second-order valence-corrected chi connectivity index (χ2v) is 5.68. The summed E-state index contributed by atoms with van der Waals surface area (Å²) in [7, 11) is 1.72. The highest BCUT2D eigenvalue weighted by molar-refractivity contribution is 5.81. The minimum atomic E-state index is -0.0440. The second kappa shape index (κ2) is 6.86. The van der Waals surface area contributed by atoms with Crippen LogP contribution >= 0.6 is 0 Å². The van der Waals surface area contributed by atoms with E-state index < -0.39 is 0 Å². The van der Waals surface area contributed by atoms with Crippen LogP contribution in [0, 0.1) is 0 Å². The Labute approximate surface area is 121 Å². The van der Waals surface area contributed by atoms with E-state index in [0.717, 1.165) is 26.2 Å². The van der Waals surface area contributed by atoms with Gasteiger partial charge in [-0.05, 0) is 19.4 Å². The van der Waals surface area contributed by atoms with Crippen LogP contribution in [-0.4, -0.2) is 54.5 Å². The highest BCUT2D eigenvalue weighted by Crippen LogP contribution is 2.16. The van der Waals surface area contributed by atoms with Gasteiger partial charge in [-0.25, -0.2) is 0 Å². The summed E-state index contributed by atoms with van der Waals surface area (Å²) >= 11 is 0. The molecule has 0 bridgehead atoms. The van der Waals surface area contributed by atoms with E-state index in [9.17, 15) is 4.79 Å². The molecule has 1 fully saturated rings. The lowest BCUT2D eigenvalue weighted by molar-refractivity contribution is -0.129. The number of nitrogens with one attached hydrogen (secondary N) is 1. The maximum absolute atomic E-state index is 12.1. The molecule has 1 amide bonds. The number of benzene rings is 1. The number of hydrogen-bond donors (Lipinski definition) is 1. The summed E-state index contributed by atoms with van der Waals surface area (Å²) in [6.45, 7) is 7.99. The molecule has 110 valence electrons. The molecule has 0 spiro atoms. The van der Waals surface area contributed by atoms with Gasteiger partial charge >= 0.3 is 0 Å². The first-order chi connectivity index (χ1) is 9.61. The van der Waals surface area contributed by atoms with Crippen LogP contribution in [0.1, 0.15) is 19.4 Å². The maximum atomic E-state index is 12.1. The lowest BCUT2D eigenvalue weighted by atomic mass is 10.1. The average Bonchev–Trinajstić information content (AvgIpc) is 2.47. The standard InChI is InChI=1S/C16H25N3O/c1-13(2)19-10-9-18(12-15(19)16(20)17-3)11-14-7-5-4-6-8-14/h4-8,13,15H,9-12H2,1-3H3,(H,17,20)/t15-/m1/s1. The molecule has 20 heavy (non-hydrogen) atoms. The van der Waals surface area contributed by atoms with Crippen molar-refractivity contribution in [3.05, 3.63) is 35.9 Å². The molecule has 1 aliphatic heterocycles. The first-order valence-electron chi connectivity index (χ1n) is 7.35. The third kappa shape index (κ3) is 3.58. The Balaban J connectivity index is 2.03. The van der Waals surface area contributed by atoms with Gasteiger partial charge in [0.25, 0.3) is 0 Å². The Hall–Kier alpha value is -1.39. The van der Waals surface area contributed by atoms with Crippen LogP contribution in [0.2, 0.25) is 0 Å². The van der Waals surface area contributed by atoms with Crippen molar-refractivity contribution < 1.29 is 4.79 Å². The van der Waals surface area contributed by atoms with Gasteiger partial charge in [0.15, 0.2) is 0 Å². The Kier molecular flexibility index (Phi) is 5.15. The fraction of sp³-hybridized carbons (Fsp3) is 0.562. The first-order valence-corrected chi connectivity index (χ1v) is 7.35. The quantitative estimate of drug-likeness (QED) is 0.900. The molecule has 1 aromatic rings. The summed E-state index contributed by atoms with van der Waals surface area (Å²) in [5.41, 5.74) is 1.31. The zero-order chi connectivity index (χ0) is 14.5. The van der Waals surface area contributed by atoms with Gasteiger partial charge in [0, 0.05) is 39.3 Å². The molecule has 1 atom stereocenters. The van der Waals surface area contributed by atoms with Crippen molar-refractivity contribution in [2.24, 2.45) is 0 Å². The van der Waals surface area contributed by atoms with Crippen molar-refractivity contribution in [3.8, 4) is 0 Å². The zero-order valence-electron chi connectivity index (χ0n) is 12.7. The Morgan fingerprint density at radius 2 is 2.00 bits per heavy atom. The van der Waals surface area contributed by atoms with E-state index in [4.69, 9.17) is 0 Å². The van der Waals surface area contributed by atoms with Gasteiger partial charge in [-0.15, -0.1) is 0 Å². The van der Waals surface area contributed by atoms with Gasteiger partial charge in [0.2, 0.25) is 5.91 Å². The van der Waals surface area contributed by atoms with Crippen LogP contribution in [0.5, 0.6) is 0 Å². The number of rotatable bonds is 4. The van der Waals surface area contributed by atoms with Gasteiger partial charge in [-0.3, -0.25) is 14.6 Å². The highest BCUT2D eigenvalue weighted by Gasteiger charge is 2.32. The molecule has 0 saturated carbocycles. The highest BCUT2D eigenvalue weighted by atomic mass is 16.2. The van der Waals surface area contributed by atoms with E-state index in [1.807, 2.05) is 6.07 Å². The van der Waals surface area contributed by atoms with Gasteiger partial charge in [0.1, 0.15) is 6.04 Å². The van der Waals surface area contributed by atoms with E-state index in [1.54, 1.807) is 7.05 Å². The number of piperazine rings is 1. The Morgan fingerprint density at radius 3 is 2.60 bits per heavy atom. The fourth-order valence-electron chi connectivity index (χ4n) is 2.86. The second-order valence-electron chi connectivity index (χ2n) is 5.68. The molecule has 4 nitrogen and oxygen atoms in total. The van der Waals surface area contributed by atoms with E-state index in [-0.39, 0.29) is 11.9 Å². The predicted octanol–water partition coefficient (Wildman–Crippen LogP) is 1.33. The number of carbonyl (C=O) groups excluding carboxylic acids is 1. The summed E-state index contributed by atoms with van der Waals surface area (Å²) in [6.07, 6.45) is 0. The van der Waals surface area contributed by atoms with Crippen LogP contribution in [0.25, 0.3) is 0 Å².